The summed E-state index contributed by atoms with van der Waals surface area (Å²) in [4.78, 5) is 31.0. The maximum Gasteiger partial charge on any atom is 0.0956 e. The lowest BCUT2D eigenvalue weighted by atomic mass is 9.85. The Bertz CT molecular complexity index is 256. The predicted octanol–water partition coefficient (Wildman–Crippen LogP) is -4.44. The third kappa shape index (κ3) is 8.21. The van der Waals surface area contributed by atoms with Gasteiger partial charge in [0.05, 0.1) is 5.54 Å². The average Bonchev–Trinajstić information content (AvgIpc) is 2.21. The SMILES string of the molecule is [NH3+]C(CCC(=O)[O-])(CCC(=O)[O-])CCC(=O)[O-]. The minimum Gasteiger partial charge on any atom is -0.550 e. The van der Waals surface area contributed by atoms with Crippen LogP contribution >= 0.6 is 0 Å². The van der Waals surface area contributed by atoms with Gasteiger partial charge in [0, 0.05) is 37.2 Å². The van der Waals surface area contributed by atoms with Crippen LogP contribution in [0.3, 0.4) is 0 Å². The molecule has 3 N–H and O–H groups in total. The van der Waals surface area contributed by atoms with E-state index in [1.54, 1.807) is 0 Å². The Kier molecular flexibility index (Phi) is 6.19. The molecule has 7 heteroatoms. The maximum atomic E-state index is 10.3. The minimum atomic E-state index is -1.28. The Morgan fingerprint density at radius 1 is 0.765 bits per heavy atom. The van der Waals surface area contributed by atoms with E-state index in [0.29, 0.717) is 0 Å². The Labute approximate surface area is 98.2 Å². The van der Waals surface area contributed by atoms with Gasteiger partial charge in [-0.2, -0.15) is 0 Å². The fraction of sp³-hybridized carbons (Fsp3) is 0.700. The molecule has 0 saturated carbocycles. The van der Waals surface area contributed by atoms with Crippen molar-refractivity contribution in [3.63, 3.8) is 0 Å². The molecule has 0 radical (unpaired) electrons. The molecule has 0 amide bonds. The zero-order valence-corrected chi connectivity index (χ0v) is 9.40. The van der Waals surface area contributed by atoms with E-state index < -0.39 is 23.4 Å². The molecular weight excluding hydrogens is 230 g/mol. The molecule has 0 rings (SSSR count). The molecule has 0 fully saturated rings. The van der Waals surface area contributed by atoms with Crippen molar-refractivity contribution < 1.29 is 35.4 Å². The first-order valence-electron chi connectivity index (χ1n) is 5.20. The van der Waals surface area contributed by atoms with Crippen LogP contribution in [0.5, 0.6) is 0 Å². The fourth-order valence-corrected chi connectivity index (χ4v) is 1.48. The molecule has 0 aliphatic heterocycles. The highest BCUT2D eigenvalue weighted by molar-refractivity contribution is 5.66. The van der Waals surface area contributed by atoms with Gasteiger partial charge in [0.25, 0.3) is 0 Å². The summed E-state index contributed by atoms with van der Waals surface area (Å²) in [7, 11) is 0. The second kappa shape index (κ2) is 6.85. The summed E-state index contributed by atoms with van der Waals surface area (Å²) in [5, 5.41) is 31.0. The van der Waals surface area contributed by atoms with Crippen molar-refractivity contribution >= 4 is 17.9 Å². The zero-order valence-electron chi connectivity index (χ0n) is 9.40. The first-order chi connectivity index (χ1) is 7.75. The molecule has 0 atom stereocenters. The second-order valence-corrected chi connectivity index (χ2v) is 4.12. The molecule has 98 valence electrons. The van der Waals surface area contributed by atoms with Gasteiger partial charge in [-0.1, -0.05) is 0 Å². The van der Waals surface area contributed by atoms with Crippen LogP contribution in [0.25, 0.3) is 0 Å². The molecule has 0 aliphatic rings. The first-order valence-corrected chi connectivity index (χ1v) is 5.20. The van der Waals surface area contributed by atoms with Gasteiger partial charge in [0.2, 0.25) is 0 Å². The Balaban J connectivity index is 4.37. The normalized spacial score (nSPS) is 11.1. The third-order valence-electron chi connectivity index (χ3n) is 2.58. The Morgan fingerprint density at radius 3 is 1.18 bits per heavy atom. The quantitative estimate of drug-likeness (QED) is 0.433. The Hall–Kier alpha value is -1.63. The summed E-state index contributed by atoms with van der Waals surface area (Å²) in [6.45, 7) is 0. The van der Waals surface area contributed by atoms with Gasteiger partial charge in [-0.25, -0.2) is 0 Å². The van der Waals surface area contributed by atoms with E-state index in [2.05, 4.69) is 5.73 Å². The lowest BCUT2D eigenvalue weighted by Crippen LogP contribution is -2.73. The Morgan fingerprint density at radius 2 is 1.00 bits per heavy atom. The molecule has 0 aromatic heterocycles. The van der Waals surface area contributed by atoms with Gasteiger partial charge in [0.15, 0.2) is 0 Å². The summed E-state index contributed by atoms with van der Waals surface area (Å²) in [6, 6.07) is 0. The number of quaternary nitrogens is 1. The molecule has 0 aromatic carbocycles. The standard InChI is InChI=1S/C10H17NO6/c11-10(4-1-7(12)13,5-2-8(14)15)6-3-9(16)17/h1-6,11H2,(H,12,13)(H,14,15)(H,16,17)/p-2. The van der Waals surface area contributed by atoms with Crippen molar-refractivity contribution in [3.8, 4) is 0 Å². The van der Waals surface area contributed by atoms with E-state index in [0.717, 1.165) is 0 Å². The van der Waals surface area contributed by atoms with Crippen LogP contribution in [0.2, 0.25) is 0 Å². The van der Waals surface area contributed by atoms with Crippen molar-refractivity contribution in [2.75, 3.05) is 0 Å². The summed E-state index contributed by atoms with van der Waals surface area (Å²) < 4.78 is 0. The molecule has 17 heavy (non-hydrogen) atoms. The number of carboxylic acid groups (broad SMARTS) is 3. The lowest BCUT2D eigenvalue weighted by molar-refractivity contribution is -0.485. The summed E-state index contributed by atoms with van der Waals surface area (Å²) in [6.07, 6.45) is -0.668. The monoisotopic (exact) mass is 245 g/mol. The van der Waals surface area contributed by atoms with E-state index in [-0.39, 0.29) is 38.5 Å². The topological polar surface area (TPSA) is 148 Å². The second-order valence-electron chi connectivity index (χ2n) is 4.12. The number of carbonyl (C=O) groups is 3. The van der Waals surface area contributed by atoms with Crippen molar-refractivity contribution in [1.82, 2.24) is 0 Å². The van der Waals surface area contributed by atoms with Crippen LogP contribution < -0.4 is 21.1 Å². The fourth-order valence-electron chi connectivity index (χ4n) is 1.48. The van der Waals surface area contributed by atoms with E-state index in [4.69, 9.17) is 0 Å². The number of carbonyl (C=O) groups excluding carboxylic acids is 3. The zero-order chi connectivity index (χ0) is 13.5. The summed E-state index contributed by atoms with van der Waals surface area (Å²) >= 11 is 0. The molecule has 0 heterocycles. The van der Waals surface area contributed by atoms with Crippen LogP contribution in [-0.2, 0) is 14.4 Å². The van der Waals surface area contributed by atoms with Gasteiger partial charge >= 0.3 is 0 Å². The van der Waals surface area contributed by atoms with Gasteiger partial charge in [-0.05, 0) is 19.3 Å². The highest BCUT2D eigenvalue weighted by Crippen LogP contribution is 2.20. The number of hydrogen-bond donors (Lipinski definition) is 1. The molecule has 7 nitrogen and oxygen atoms in total. The van der Waals surface area contributed by atoms with Crippen LogP contribution in [0, 0.1) is 0 Å². The van der Waals surface area contributed by atoms with E-state index >= 15 is 0 Å². The highest BCUT2D eigenvalue weighted by atomic mass is 16.4. The maximum absolute atomic E-state index is 10.3. The minimum absolute atomic E-state index is 0.0654. The third-order valence-corrected chi connectivity index (χ3v) is 2.58. The van der Waals surface area contributed by atoms with Crippen molar-refractivity contribution in [1.29, 1.82) is 0 Å². The van der Waals surface area contributed by atoms with Crippen molar-refractivity contribution in [2.45, 2.75) is 44.1 Å². The van der Waals surface area contributed by atoms with Gasteiger partial charge in [0.1, 0.15) is 0 Å². The van der Waals surface area contributed by atoms with E-state index in [1.165, 1.54) is 0 Å². The van der Waals surface area contributed by atoms with Crippen molar-refractivity contribution in [2.24, 2.45) is 0 Å². The van der Waals surface area contributed by atoms with E-state index in [1.807, 2.05) is 0 Å². The number of hydrogen-bond acceptors (Lipinski definition) is 6. The molecular formula is C10H15NO6-2. The van der Waals surface area contributed by atoms with Crippen LogP contribution in [0.1, 0.15) is 38.5 Å². The van der Waals surface area contributed by atoms with Gasteiger partial charge in [-0.15, -0.1) is 0 Å². The van der Waals surface area contributed by atoms with Crippen LogP contribution in [0.4, 0.5) is 0 Å². The first kappa shape index (κ1) is 15.4. The smallest absolute Gasteiger partial charge is 0.0956 e. The number of aliphatic carboxylic acids is 3. The average molecular weight is 245 g/mol. The molecule has 0 unspecified atom stereocenters. The molecule has 0 saturated heterocycles. The summed E-state index contributed by atoms with van der Waals surface area (Å²) in [5.74, 6) is -3.83. The molecule has 0 aromatic rings. The van der Waals surface area contributed by atoms with Crippen molar-refractivity contribution in [3.05, 3.63) is 0 Å². The molecule has 0 aliphatic carbocycles. The van der Waals surface area contributed by atoms with E-state index in [9.17, 15) is 29.7 Å². The summed E-state index contributed by atoms with van der Waals surface area (Å²) in [5.41, 5.74) is 2.80. The number of rotatable bonds is 9. The lowest BCUT2D eigenvalue weighted by Gasteiger charge is -2.26. The molecule has 0 bridgehead atoms. The van der Waals surface area contributed by atoms with Crippen LogP contribution in [0.15, 0.2) is 0 Å². The number of carboxylic acids is 3. The van der Waals surface area contributed by atoms with Gasteiger partial charge in [-0.3, -0.25) is 0 Å². The van der Waals surface area contributed by atoms with Crippen LogP contribution in [-0.4, -0.2) is 23.4 Å². The largest absolute Gasteiger partial charge is 0.550 e. The molecule has 0 spiro atoms. The predicted molar refractivity (Wildman–Crippen MR) is 48.3 cm³/mol. The highest BCUT2D eigenvalue weighted by Gasteiger charge is 2.28. The van der Waals surface area contributed by atoms with Gasteiger partial charge < -0.3 is 35.4 Å².